The van der Waals surface area contributed by atoms with Crippen LogP contribution in [0.1, 0.15) is 0 Å². The highest BCUT2D eigenvalue weighted by Gasteiger charge is 2.09. The van der Waals surface area contributed by atoms with Crippen molar-refractivity contribution in [2.24, 2.45) is 5.73 Å². The molecule has 0 aliphatic rings. The highest BCUT2D eigenvalue weighted by Crippen LogP contribution is 2.22. The number of imidazole rings is 1. The molecule has 0 atom stereocenters. The minimum absolute atomic E-state index is 0.0286. The van der Waals surface area contributed by atoms with Crippen LogP contribution < -0.4 is 5.73 Å². The lowest BCUT2D eigenvalue weighted by molar-refractivity contribution is -0.122. The predicted octanol–water partition coefficient (Wildman–Crippen LogP) is 1.99. The van der Waals surface area contributed by atoms with Gasteiger partial charge in [0.25, 0.3) is 0 Å². The molecule has 0 bridgehead atoms. The summed E-state index contributed by atoms with van der Waals surface area (Å²) >= 11 is 10.8. The fraction of sp³-hybridized carbons (Fsp3) is 0.273. The Kier molecular flexibility index (Phi) is 4.18. The van der Waals surface area contributed by atoms with Crippen LogP contribution >= 0.6 is 23.8 Å². The van der Waals surface area contributed by atoms with Gasteiger partial charge in [-0.25, -0.2) is 4.39 Å². The molecule has 0 unspecified atom stereocenters. The van der Waals surface area contributed by atoms with E-state index in [9.17, 15) is 9.18 Å². The molecule has 1 aromatic carbocycles. The quantitative estimate of drug-likeness (QED) is 0.655. The zero-order chi connectivity index (χ0) is 14.0. The van der Waals surface area contributed by atoms with Crippen LogP contribution in [-0.4, -0.2) is 28.7 Å². The predicted molar refractivity (Wildman–Crippen MR) is 72.1 cm³/mol. The van der Waals surface area contributed by atoms with E-state index in [1.54, 1.807) is 4.57 Å². The average molecular weight is 304 g/mol. The second kappa shape index (κ2) is 5.68. The van der Waals surface area contributed by atoms with Crippen LogP contribution in [0.15, 0.2) is 12.1 Å². The molecule has 1 heterocycles. The van der Waals surface area contributed by atoms with E-state index in [0.29, 0.717) is 22.3 Å². The monoisotopic (exact) mass is 303 g/mol. The van der Waals surface area contributed by atoms with Gasteiger partial charge in [-0.1, -0.05) is 11.6 Å². The zero-order valence-corrected chi connectivity index (χ0v) is 11.4. The Morgan fingerprint density at radius 3 is 3.00 bits per heavy atom. The Balaban J connectivity index is 2.23. The molecule has 0 aliphatic heterocycles. The molecule has 19 heavy (non-hydrogen) atoms. The van der Waals surface area contributed by atoms with Crippen molar-refractivity contribution in [2.75, 3.05) is 13.2 Å². The van der Waals surface area contributed by atoms with E-state index in [4.69, 9.17) is 34.3 Å². The van der Waals surface area contributed by atoms with Gasteiger partial charge in [-0.15, -0.1) is 0 Å². The van der Waals surface area contributed by atoms with Crippen molar-refractivity contribution in [1.82, 2.24) is 9.55 Å². The van der Waals surface area contributed by atoms with E-state index in [2.05, 4.69) is 4.98 Å². The number of nitrogens with two attached hydrogens (primary N) is 1. The lowest BCUT2D eigenvalue weighted by Gasteiger charge is -2.05. The summed E-state index contributed by atoms with van der Waals surface area (Å²) in [6.45, 7) is 0.470. The van der Waals surface area contributed by atoms with Gasteiger partial charge in [-0.2, -0.15) is 0 Å². The maximum Gasteiger partial charge on any atom is 0.243 e. The third-order valence-corrected chi connectivity index (χ3v) is 3.13. The number of ether oxygens (including phenoxy) is 1. The number of rotatable bonds is 5. The summed E-state index contributed by atoms with van der Waals surface area (Å²) in [4.78, 5) is 13.4. The summed E-state index contributed by atoms with van der Waals surface area (Å²) in [5.41, 5.74) is 6.18. The van der Waals surface area contributed by atoms with Gasteiger partial charge in [0.2, 0.25) is 5.91 Å². The minimum Gasteiger partial charge on any atom is -0.370 e. The Morgan fingerprint density at radius 1 is 1.58 bits per heavy atom. The van der Waals surface area contributed by atoms with Crippen molar-refractivity contribution in [3.05, 3.63) is 27.7 Å². The van der Waals surface area contributed by atoms with E-state index in [1.807, 2.05) is 0 Å². The topological polar surface area (TPSA) is 73.0 Å². The Hall–Kier alpha value is -1.44. The zero-order valence-electron chi connectivity index (χ0n) is 9.78. The molecule has 0 saturated heterocycles. The van der Waals surface area contributed by atoms with Crippen molar-refractivity contribution in [3.8, 4) is 0 Å². The molecule has 1 aromatic heterocycles. The third kappa shape index (κ3) is 3.12. The van der Waals surface area contributed by atoms with Gasteiger partial charge in [0.1, 0.15) is 12.4 Å². The van der Waals surface area contributed by atoms with Crippen LogP contribution in [0.2, 0.25) is 5.02 Å². The van der Waals surface area contributed by atoms with Crippen molar-refractivity contribution >= 4 is 40.8 Å². The van der Waals surface area contributed by atoms with Crippen LogP contribution in [0, 0.1) is 10.6 Å². The molecule has 5 nitrogen and oxygen atoms in total. The maximum atomic E-state index is 13.4. The number of carbonyl (C=O) groups is 1. The molecule has 0 radical (unpaired) electrons. The molecular weight excluding hydrogens is 293 g/mol. The standard InChI is InChI=1S/C11H11ClFN3O2S/c12-6-3-8-9(4-7(6)13)16(11(19)15-8)1-2-18-5-10(14)17/h3-4H,1-2,5H2,(H2,14,17)(H,15,19). The summed E-state index contributed by atoms with van der Waals surface area (Å²) in [5, 5.41) is 0.0286. The molecule has 102 valence electrons. The average Bonchev–Trinajstić information content (AvgIpc) is 2.61. The first-order valence-corrected chi connectivity index (χ1v) is 6.21. The summed E-state index contributed by atoms with van der Waals surface area (Å²) in [5.74, 6) is -1.06. The maximum absolute atomic E-state index is 13.4. The van der Waals surface area contributed by atoms with Gasteiger partial charge >= 0.3 is 0 Å². The lowest BCUT2D eigenvalue weighted by Crippen LogP contribution is -2.19. The second-order valence-corrected chi connectivity index (χ2v) is 4.68. The van der Waals surface area contributed by atoms with Crippen LogP contribution in [-0.2, 0) is 16.1 Å². The molecule has 2 rings (SSSR count). The van der Waals surface area contributed by atoms with Gasteiger partial charge in [-0.3, -0.25) is 4.79 Å². The number of nitrogens with one attached hydrogen (secondary N) is 1. The van der Waals surface area contributed by atoms with Crippen molar-refractivity contribution in [3.63, 3.8) is 0 Å². The van der Waals surface area contributed by atoms with Gasteiger partial charge in [0.15, 0.2) is 4.77 Å². The molecule has 0 aliphatic carbocycles. The first kappa shape index (κ1) is 14.0. The summed E-state index contributed by atoms with van der Waals surface area (Å²) < 4.78 is 20.6. The fourth-order valence-corrected chi connectivity index (χ4v) is 2.17. The highest BCUT2D eigenvalue weighted by atomic mass is 35.5. The number of carbonyl (C=O) groups excluding carboxylic acids is 1. The SMILES string of the molecule is NC(=O)COCCn1c(=S)[nH]c2cc(Cl)c(F)cc21. The fourth-order valence-electron chi connectivity index (χ4n) is 1.70. The number of halogens is 2. The Bertz CT molecular complexity index is 682. The molecule has 0 saturated carbocycles. The molecule has 8 heteroatoms. The summed E-state index contributed by atoms with van der Waals surface area (Å²) in [7, 11) is 0. The van der Waals surface area contributed by atoms with E-state index in [1.165, 1.54) is 12.1 Å². The van der Waals surface area contributed by atoms with Crippen molar-refractivity contribution in [2.45, 2.75) is 6.54 Å². The van der Waals surface area contributed by atoms with Crippen molar-refractivity contribution in [1.29, 1.82) is 0 Å². The smallest absolute Gasteiger partial charge is 0.243 e. The third-order valence-electron chi connectivity index (χ3n) is 2.52. The number of hydrogen-bond donors (Lipinski definition) is 2. The number of primary amides is 1. The number of aromatic nitrogens is 2. The number of fused-ring (bicyclic) bond motifs is 1. The van der Waals surface area contributed by atoms with Crippen molar-refractivity contribution < 1.29 is 13.9 Å². The summed E-state index contributed by atoms with van der Waals surface area (Å²) in [6.07, 6.45) is 0. The lowest BCUT2D eigenvalue weighted by atomic mass is 10.3. The van der Waals surface area contributed by atoms with Gasteiger partial charge < -0.3 is 20.0 Å². The first-order chi connectivity index (χ1) is 8.99. The van der Waals surface area contributed by atoms with E-state index in [0.717, 1.165) is 0 Å². The largest absolute Gasteiger partial charge is 0.370 e. The Morgan fingerprint density at radius 2 is 2.32 bits per heavy atom. The van der Waals surface area contributed by atoms with Gasteiger partial charge in [-0.05, 0) is 18.3 Å². The highest BCUT2D eigenvalue weighted by molar-refractivity contribution is 7.71. The number of nitrogens with zero attached hydrogens (tertiary/aromatic N) is 1. The van der Waals surface area contributed by atoms with Crippen LogP contribution in [0.25, 0.3) is 11.0 Å². The number of hydrogen-bond acceptors (Lipinski definition) is 3. The van der Waals surface area contributed by atoms with E-state index < -0.39 is 11.7 Å². The van der Waals surface area contributed by atoms with Crippen LogP contribution in [0.4, 0.5) is 4.39 Å². The molecule has 0 fully saturated rings. The molecule has 0 spiro atoms. The summed E-state index contributed by atoms with van der Waals surface area (Å²) in [6, 6.07) is 2.78. The number of H-pyrrole nitrogens is 1. The number of aromatic amines is 1. The molecule has 2 aromatic rings. The molecule has 3 N–H and O–H groups in total. The number of amides is 1. The first-order valence-electron chi connectivity index (χ1n) is 5.42. The van der Waals surface area contributed by atoms with E-state index >= 15 is 0 Å². The molecule has 1 amide bonds. The normalized spacial score (nSPS) is 11.1. The number of benzene rings is 1. The Labute approximate surface area is 118 Å². The van der Waals surface area contributed by atoms with Crippen LogP contribution in [0.5, 0.6) is 0 Å². The molecular formula is C11H11ClFN3O2S. The minimum atomic E-state index is -0.541. The van der Waals surface area contributed by atoms with Gasteiger partial charge in [0.05, 0.1) is 22.7 Å². The van der Waals surface area contributed by atoms with Gasteiger partial charge in [0, 0.05) is 12.6 Å². The van der Waals surface area contributed by atoms with E-state index in [-0.39, 0.29) is 18.2 Å². The second-order valence-electron chi connectivity index (χ2n) is 3.88. The van der Waals surface area contributed by atoms with Crippen LogP contribution in [0.3, 0.4) is 0 Å².